The van der Waals surface area contributed by atoms with Crippen LogP contribution in [0.15, 0.2) is 96.2 Å². The molecule has 0 bridgehead atoms. The summed E-state index contributed by atoms with van der Waals surface area (Å²) < 4.78 is 10.5. The summed E-state index contributed by atoms with van der Waals surface area (Å²) in [5, 5.41) is 6.39. The zero-order chi connectivity index (χ0) is 34.3. The van der Waals surface area contributed by atoms with Gasteiger partial charge < -0.3 is 24.5 Å². The van der Waals surface area contributed by atoms with Gasteiger partial charge in [-0.1, -0.05) is 103 Å². The third kappa shape index (κ3) is 8.22. The van der Waals surface area contributed by atoms with E-state index in [1.165, 1.54) is 23.5 Å². The van der Waals surface area contributed by atoms with E-state index in [1.54, 1.807) is 56.0 Å². The van der Waals surface area contributed by atoms with E-state index in [2.05, 4.69) is 10.5 Å². The number of nitrogens with one attached hydrogen (secondary N) is 1. The number of rotatable bonds is 12. The summed E-state index contributed by atoms with van der Waals surface area (Å²) in [6.07, 6.45) is -0.607. The minimum Gasteiger partial charge on any atom is -0.457 e. The number of hydrogen-bond acceptors (Lipinski definition) is 10. The molecule has 2 amide bonds. The van der Waals surface area contributed by atoms with E-state index in [-0.39, 0.29) is 29.5 Å². The van der Waals surface area contributed by atoms with Crippen LogP contribution in [0.25, 0.3) is 0 Å². The maximum atomic E-state index is 14.1. The highest BCUT2D eigenvalue weighted by Gasteiger charge is 2.58. The van der Waals surface area contributed by atoms with Gasteiger partial charge in [0.25, 0.3) is 5.91 Å². The Hall–Kier alpha value is -4.29. The molecule has 0 aliphatic carbocycles. The van der Waals surface area contributed by atoms with Crippen LogP contribution in [0.3, 0.4) is 0 Å². The smallest absolute Gasteiger partial charge is 0.347 e. The second-order valence-corrected chi connectivity index (χ2v) is 15.1. The first-order valence-electron chi connectivity index (χ1n) is 15.7. The summed E-state index contributed by atoms with van der Waals surface area (Å²) in [5.74, 6) is -0.924. The Labute approximate surface area is 288 Å². The molecular formula is C36H39N3O7S2. The Morgan fingerprint density at radius 1 is 0.979 bits per heavy atom. The van der Waals surface area contributed by atoms with Gasteiger partial charge in [0.15, 0.2) is 11.8 Å². The molecule has 0 saturated carbocycles. The molecule has 2 unspecified atom stereocenters. The Bertz CT molecular complexity index is 1590. The first kappa shape index (κ1) is 35.0. The predicted molar refractivity (Wildman–Crippen MR) is 186 cm³/mol. The molecule has 2 fully saturated rings. The number of carbonyl (C=O) groups excluding carboxylic acids is 4. The van der Waals surface area contributed by atoms with E-state index in [4.69, 9.17) is 14.3 Å². The number of esters is 2. The van der Waals surface area contributed by atoms with Gasteiger partial charge in [0, 0.05) is 17.9 Å². The van der Waals surface area contributed by atoms with Crippen LogP contribution in [-0.2, 0) is 33.5 Å². The summed E-state index contributed by atoms with van der Waals surface area (Å²) in [6, 6.07) is 27.0. The standard InChI is InChI=1S/C36H39N3O7S2/c1-5-48-36(34(43)45-30(25-17-11-7-12-18-25)26-19-13-8-14-20-26)22-39-32(42)29(33(39)47-23-36)37-31(41)28(24-15-9-6-10-16-24)38-44-21-27(40)46-35(2,3)4/h6-20,29-30,33H,5,21-23H2,1-4H3,(H,37,41)/t29?,33-,36?/m1/s1. The van der Waals surface area contributed by atoms with Crippen LogP contribution in [0.4, 0.5) is 0 Å². The Balaban J connectivity index is 1.28. The number of oxime groups is 1. The molecule has 5 rings (SSSR count). The monoisotopic (exact) mass is 689 g/mol. The van der Waals surface area contributed by atoms with Gasteiger partial charge in [-0.3, -0.25) is 14.4 Å². The number of carbonyl (C=O) groups is 4. The minimum absolute atomic E-state index is 0.0847. The summed E-state index contributed by atoms with van der Waals surface area (Å²) in [5.41, 5.74) is 1.37. The number of amides is 2. The number of thioether (sulfide) groups is 2. The van der Waals surface area contributed by atoms with Gasteiger partial charge in [-0.05, 0) is 37.7 Å². The minimum atomic E-state index is -0.992. The van der Waals surface area contributed by atoms with Gasteiger partial charge in [-0.2, -0.15) is 0 Å². The SMILES string of the molecule is CCSC1(C(=O)OC(c2ccccc2)c2ccccc2)CS[C@@H]2C(NC(=O)C(=NOCC(=O)OC(C)(C)C)c3ccccc3)C(=O)N2C1. The molecule has 252 valence electrons. The summed E-state index contributed by atoms with van der Waals surface area (Å²) in [6.45, 7) is 6.84. The molecule has 48 heavy (non-hydrogen) atoms. The molecule has 10 nitrogen and oxygen atoms in total. The Kier molecular flexibility index (Phi) is 11.2. The molecule has 0 aromatic heterocycles. The molecular weight excluding hydrogens is 651 g/mol. The van der Waals surface area contributed by atoms with Crippen molar-refractivity contribution in [3.63, 3.8) is 0 Å². The van der Waals surface area contributed by atoms with Crippen LogP contribution >= 0.6 is 23.5 Å². The van der Waals surface area contributed by atoms with E-state index in [0.717, 1.165) is 11.1 Å². The van der Waals surface area contributed by atoms with Crippen molar-refractivity contribution >= 4 is 53.0 Å². The fourth-order valence-corrected chi connectivity index (χ4v) is 8.32. The molecule has 3 atom stereocenters. The largest absolute Gasteiger partial charge is 0.457 e. The number of benzene rings is 3. The molecule has 3 aromatic rings. The van der Waals surface area contributed by atoms with Crippen molar-refractivity contribution in [2.24, 2.45) is 5.16 Å². The average molecular weight is 690 g/mol. The van der Waals surface area contributed by atoms with E-state index in [0.29, 0.717) is 17.1 Å². The third-order valence-electron chi connectivity index (χ3n) is 7.58. The van der Waals surface area contributed by atoms with E-state index in [1.807, 2.05) is 67.6 Å². The highest BCUT2D eigenvalue weighted by Crippen LogP contribution is 2.45. The molecule has 2 saturated heterocycles. The van der Waals surface area contributed by atoms with Crippen LogP contribution in [-0.4, -0.2) is 80.8 Å². The second kappa shape index (κ2) is 15.3. The fourth-order valence-electron chi connectivity index (χ4n) is 5.45. The molecule has 2 heterocycles. The first-order chi connectivity index (χ1) is 23.0. The topological polar surface area (TPSA) is 124 Å². The lowest BCUT2D eigenvalue weighted by Gasteiger charge is -2.54. The van der Waals surface area contributed by atoms with Gasteiger partial charge >= 0.3 is 11.9 Å². The van der Waals surface area contributed by atoms with Crippen molar-refractivity contribution in [1.29, 1.82) is 0 Å². The van der Waals surface area contributed by atoms with Gasteiger partial charge in [-0.15, -0.1) is 23.5 Å². The average Bonchev–Trinajstić information content (AvgIpc) is 3.08. The van der Waals surface area contributed by atoms with Crippen LogP contribution in [0.2, 0.25) is 0 Å². The fraction of sp³-hybridized carbons (Fsp3) is 0.361. The van der Waals surface area contributed by atoms with Gasteiger partial charge in [0.05, 0.1) is 0 Å². The lowest BCUT2D eigenvalue weighted by atomic mass is 9.99. The molecule has 1 N–H and O–H groups in total. The van der Waals surface area contributed by atoms with Crippen LogP contribution in [0.5, 0.6) is 0 Å². The molecule has 0 radical (unpaired) electrons. The summed E-state index contributed by atoms with van der Waals surface area (Å²) >= 11 is 2.90. The normalized spacial score (nSPS) is 20.7. The lowest BCUT2D eigenvalue weighted by molar-refractivity contribution is -0.160. The van der Waals surface area contributed by atoms with Crippen molar-refractivity contribution in [3.8, 4) is 0 Å². The van der Waals surface area contributed by atoms with Crippen LogP contribution < -0.4 is 5.32 Å². The molecule has 12 heteroatoms. The third-order valence-corrected chi connectivity index (χ3v) is 10.6. The number of fused-ring (bicyclic) bond motifs is 1. The molecule has 0 spiro atoms. The zero-order valence-corrected chi connectivity index (χ0v) is 28.9. The van der Waals surface area contributed by atoms with Gasteiger partial charge in [0.1, 0.15) is 21.8 Å². The van der Waals surface area contributed by atoms with Crippen LogP contribution in [0.1, 0.15) is 50.5 Å². The van der Waals surface area contributed by atoms with E-state index >= 15 is 0 Å². The number of ether oxygens (including phenoxy) is 2. The Morgan fingerprint density at radius 2 is 1.56 bits per heavy atom. The summed E-state index contributed by atoms with van der Waals surface area (Å²) in [7, 11) is 0. The van der Waals surface area contributed by atoms with Crippen molar-refractivity contribution < 1.29 is 33.5 Å². The number of nitrogens with zero attached hydrogens (tertiary/aromatic N) is 2. The molecule has 2 aliphatic rings. The quantitative estimate of drug-likeness (QED) is 0.122. The molecule has 3 aromatic carbocycles. The zero-order valence-electron chi connectivity index (χ0n) is 27.3. The van der Waals surface area contributed by atoms with Crippen molar-refractivity contribution in [2.75, 3.05) is 24.7 Å². The maximum absolute atomic E-state index is 14.1. The number of β-lactam (4-membered cyclic amide) rings is 1. The van der Waals surface area contributed by atoms with E-state index < -0.39 is 41.0 Å². The highest BCUT2D eigenvalue weighted by atomic mass is 32.2. The van der Waals surface area contributed by atoms with Crippen molar-refractivity contribution in [1.82, 2.24) is 10.2 Å². The lowest BCUT2D eigenvalue weighted by Crippen LogP contribution is -2.75. The highest BCUT2D eigenvalue weighted by molar-refractivity contribution is 8.05. The Morgan fingerprint density at radius 3 is 2.12 bits per heavy atom. The number of hydrogen-bond donors (Lipinski definition) is 1. The summed E-state index contributed by atoms with van der Waals surface area (Å²) in [4.78, 5) is 60.0. The maximum Gasteiger partial charge on any atom is 0.347 e. The van der Waals surface area contributed by atoms with Gasteiger partial charge in [0.2, 0.25) is 12.5 Å². The molecule has 2 aliphatic heterocycles. The van der Waals surface area contributed by atoms with Crippen LogP contribution in [0, 0.1) is 0 Å². The first-order valence-corrected chi connectivity index (χ1v) is 17.7. The van der Waals surface area contributed by atoms with Crippen molar-refractivity contribution in [3.05, 3.63) is 108 Å². The second-order valence-electron chi connectivity index (χ2n) is 12.3. The predicted octanol–water partition coefficient (Wildman–Crippen LogP) is 4.97. The van der Waals surface area contributed by atoms with E-state index in [9.17, 15) is 19.2 Å². The van der Waals surface area contributed by atoms with Crippen molar-refractivity contribution in [2.45, 2.75) is 55.6 Å². The van der Waals surface area contributed by atoms with Gasteiger partial charge in [-0.25, -0.2) is 4.79 Å².